The molecule has 0 aliphatic carbocycles. The normalized spacial score (nSPS) is 19.4. The van der Waals surface area contributed by atoms with E-state index < -0.39 is 6.29 Å². The molecule has 8 nitrogen and oxygen atoms in total. The van der Waals surface area contributed by atoms with Gasteiger partial charge in [-0.15, -0.1) is 0 Å². The molecule has 1 aliphatic heterocycles. The molecular weight excluding hydrogens is 462 g/mol. The average Bonchev–Trinajstić information content (AvgIpc) is 2.73. The van der Waals surface area contributed by atoms with Crippen LogP contribution >= 0.6 is 27.5 Å². The Hall–Kier alpha value is -2.04. The zero-order chi connectivity index (χ0) is 20.5. The fourth-order valence-electron chi connectivity index (χ4n) is 3.16. The Kier molecular flexibility index (Phi) is 5.84. The first-order valence-corrected chi connectivity index (χ1v) is 10.2. The Balaban J connectivity index is 1.89. The van der Waals surface area contributed by atoms with Crippen molar-refractivity contribution in [3.8, 4) is 11.1 Å². The summed E-state index contributed by atoms with van der Waals surface area (Å²) in [7, 11) is 1.72. The lowest BCUT2D eigenvalue weighted by atomic mass is 10.1. The van der Waals surface area contributed by atoms with Crippen LogP contribution in [-0.4, -0.2) is 47.1 Å². The minimum absolute atomic E-state index is 0.168. The van der Waals surface area contributed by atoms with Gasteiger partial charge in [0.05, 0.1) is 25.8 Å². The first kappa shape index (κ1) is 20.2. The van der Waals surface area contributed by atoms with Crippen molar-refractivity contribution in [2.24, 2.45) is 5.73 Å². The second kappa shape index (κ2) is 8.37. The van der Waals surface area contributed by atoms with E-state index in [1.807, 2.05) is 12.1 Å². The van der Waals surface area contributed by atoms with Gasteiger partial charge in [0.1, 0.15) is 5.65 Å². The summed E-state index contributed by atoms with van der Waals surface area (Å²) in [5, 5.41) is 4.06. The quantitative estimate of drug-likeness (QED) is 0.591. The Morgan fingerprint density at radius 1 is 1.31 bits per heavy atom. The number of nitrogens with zero attached hydrogens (tertiary/aromatic N) is 3. The fourth-order valence-corrected chi connectivity index (χ4v) is 3.74. The van der Waals surface area contributed by atoms with Crippen molar-refractivity contribution in [2.75, 3.05) is 25.6 Å². The van der Waals surface area contributed by atoms with Gasteiger partial charge in [0, 0.05) is 39.3 Å². The number of hydrogen-bond donors (Lipinski definition) is 2. The highest BCUT2D eigenvalue weighted by atomic mass is 79.9. The molecule has 0 unspecified atom stereocenters. The molecule has 10 heteroatoms. The van der Waals surface area contributed by atoms with Gasteiger partial charge in [-0.3, -0.25) is 9.36 Å². The molecular formula is C19H19BrClN5O3. The lowest BCUT2D eigenvalue weighted by Crippen LogP contribution is -2.43. The molecule has 0 amide bonds. The van der Waals surface area contributed by atoms with Gasteiger partial charge < -0.3 is 20.5 Å². The van der Waals surface area contributed by atoms with Crippen molar-refractivity contribution < 1.29 is 9.47 Å². The maximum absolute atomic E-state index is 13.5. The number of anilines is 1. The molecule has 0 spiro atoms. The lowest BCUT2D eigenvalue weighted by molar-refractivity contribution is -0.191. The molecule has 0 saturated carbocycles. The third kappa shape index (κ3) is 4.15. The number of benzene rings is 1. The molecule has 4 rings (SSSR count). The van der Waals surface area contributed by atoms with Crippen LogP contribution in [0.3, 0.4) is 0 Å². The summed E-state index contributed by atoms with van der Waals surface area (Å²) in [5.41, 5.74) is 7.10. The summed E-state index contributed by atoms with van der Waals surface area (Å²) in [4.78, 5) is 22.2. The van der Waals surface area contributed by atoms with Crippen LogP contribution in [0.25, 0.3) is 22.2 Å². The second-order valence-corrected chi connectivity index (χ2v) is 8.00. The number of nitrogens with two attached hydrogens (primary N) is 1. The Morgan fingerprint density at radius 2 is 2.07 bits per heavy atom. The van der Waals surface area contributed by atoms with Gasteiger partial charge in [0.2, 0.25) is 5.95 Å². The molecule has 3 heterocycles. The molecule has 29 heavy (non-hydrogen) atoms. The molecule has 0 radical (unpaired) electrons. The van der Waals surface area contributed by atoms with E-state index in [1.165, 1.54) is 4.57 Å². The number of nitrogens with one attached hydrogen (secondary N) is 1. The third-order valence-corrected chi connectivity index (χ3v) is 5.42. The number of hydrogen-bond acceptors (Lipinski definition) is 7. The number of rotatable bonds is 4. The molecule has 152 valence electrons. The number of aromatic nitrogens is 3. The predicted octanol–water partition coefficient (Wildman–Crippen LogP) is 2.62. The summed E-state index contributed by atoms with van der Waals surface area (Å²) < 4.78 is 13.6. The number of fused-ring (bicyclic) bond motifs is 1. The summed E-state index contributed by atoms with van der Waals surface area (Å²) in [6, 6.07) is 6.94. The molecule has 3 N–H and O–H groups in total. The van der Waals surface area contributed by atoms with Crippen LogP contribution < -0.4 is 16.6 Å². The summed E-state index contributed by atoms with van der Waals surface area (Å²) in [5.74, 6) is 0.409. The average molecular weight is 481 g/mol. The lowest BCUT2D eigenvalue weighted by Gasteiger charge is -2.28. The Labute approximate surface area is 180 Å². The molecule has 1 fully saturated rings. The molecule has 1 saturated heterocycles. The van der Waals surface area contributed by atoms with Crippen molar-refractivity contribution in [3.05, 3.63) is 50.3 Å². The molecule has 0 bridgehead atoms. The maximum atomic E-state index is 13.5. The first-order valence-electron chi connectivity index (χ1n) is 8.99. The zero-order valence-corrected chi connectivity index (χ0v) is 17.9. The molecule has 0 atom stereocenters. The van der Waals surface area contributed by atoms with Crippen molar-refractivity contribution in [2.45, 2.75) is 18.9 Å². The molecule has 2 aromatic heterocycles. The molecule has 3 aromatic rings. The van der Waals surface area contributed by atoms with Crippen LogP contribution in [0.4, 0.5) is 5.95 Å². The van der Waals surface area contributed by atoms with Crippen molar-refractivity contribution in [1.29, 1.82) is 0 Å². The van der Waals surface area contributed by atoms with Crippen LogP contribution in [-0.2, 0) is 16.0 Å². The predicted molar refractivity (Wildman–Crippen MR) is 115 cm³/mol. The number of halogens is 2. The van der Waals surface area contributed by atoms with E-state index in [0.717, 1.165) is 4.47 Å². The fraction of sp³-hybridized carbons (Fsp3) is 0.316. The van der Waals surface area contributed by atoms with Crippen LogP contribution in [0.1, 0.15) is 0 Å². The SMILES string of the molecule is CNc1ncc2cc(-c3cc(Br)ccc3Cl)c(=O)n(CC3OCC(N)CO3)c2n1. The van der Waals surface area contributed by atoms with Crippen LogP contribution in [0, 0.1) is 0 Å². The number of ether oxygens (including phenoxy) is 2. The van der Waals surface area contributed by atoms with Crippen molar-refractivity contribution in [1.82, 2.24) is 14.5 Å². The van der Waals surface area contributed by atoms with E-state index in [-0.39, 0.29) is 18.1 Å². The van der Waals surface area contributed by atoms with E-state index in [2.05, 4.69) is 31.2 Å². The maximum Gasteiger partial charge on any atom is 0.260 e. The molecule has 1 aromatic carbocycles. The van der Waals surface area contributed by atoms with Gasteiger partial charge in [-0.1, -0.05) is 27.5 Å². The largest absolute Gasteiger partial charge is 0.357 e. The highest BCUT2D eigenvalue weighted by Crippen LogP contribution is 2.30. The van der Waals surface area contributed by atoms with Crippen LogP contribution in [0.5, 0.6) is 0 Å². The van der Waals surface area contributed by atoms with Gasteiger partial charge in [-0.2, -0.15) is 4.98 Å². The van der Waals surface area contributed by atoms with Crippen LogP contribution in [0.2, 0.25) is 5.02 Å². The van der Waals surface area contributed by atoms with Crippen molar-refractivity contribution in [3.63, 3.8) is 0 Å². The standard InChI is InChI=1S/C19H19BrClN5O3/c1-23-19-24-6-10-4-14(13-5-11(20)2-3-15(13)21)18(27)26(17(10)25-19)7-16-28-8-12(22)9-29-16/h2-6,12,16H,7-9,22H2,1H3,(H,23,24,25). The minimum Gasteiger partial charge on any atom is -0.357 e. The second-order valence-electron chi connectivity index (χ2n) is 6.68. The Morgan fingerprint density at radius 3 is 2.79 bits per heavy atom. The summed E-state index contributed by atoms with van der Waals surface area (Å²) in [6.45, 7) is 0.901. The Bertz CT molecular complexity index is 1110. The van der Waals surface area contributed by atoms with Gasteiger partial charge in [-0.05, 0) is 24.3 Å². The first-order chi connectivity index (χ1) is 14.0. The third-order valence-electron chi connectivity index (χ3n) is 4.59. The highest BCUT2D eigenvalue weighted by molar-refractivity contribution is 9.10. The van der Waals surface area contributed by atoms with E-state index in [1.54, 1.807) is 25.4 Å². The van der Waals surface area contributed by atoms with Gasteiger partial charge in [0.15, 0.2) is 6.29 Å². The van der Waals surface area contributed by atoms with Crippen LogP contribution in [0.15, 0.2) is 39.7 Å². The van der Waals surface area contributed by atoms with Gasteiger partial charge >= 0.3 is 0 Å². The topological polar surface area (TPSA) is 104 Å². The number of pyridine rings is 1. The van der Waals surface area contributed by atoms with Crippen molar-refractivity contribution >= 4 is 44.5 Å². The summed E-state index contributed by atoms with van der Waals surface area (Å²) >= 11 is 9.83. The summed E-state index contributed by atoms with van der Waals surface area (Å²) in [6.07, 6.45) is 1.06. The van der Waals surface area contributed by atoms with E-state index in [4.69, 9.17) is 26.8 Å². The monoisotopic (exact) mass is 479 g/mol. The zero-order valence-electron chi connectivity index (χ0n) is 15.6. The minimum atomic E-state index is -0.600. The highest BCUT2D eigenvalue weighted by Gasteiger charge is 2.23. The van der Waals surface area contributed by atoms with E-state index in [9.17, 15) is 4.79 Å². The van der Waals surface area contributed by atoms with E-state index in [0.29, 0.717) is 46.3 Å². The van der Waals surface area contributed by atoms with E-state index >= 15 is 0 Å². The van der Waals surface area contributed by atoms with Gasteiger partial charge in [0.25, 0.3) is 5.56 Å². The smallest absolute Gasteiger partial charge is 0.260 e. The molecule has 1 aliphatic rings. The van der Waals surface area contributed by atoms with Gasteiger partial charge in [-0.25, -0.2) is 4.98 Å².